The van der Waals surface area contributed by atoms with E-state index in [0.29, 0.717) is 19.0 Å². The first-order chi connectivity index (χ1) is 12.2. The molecule has 3 N–H and O–H groups in total. The third kappa shape index (κ3) is 7.08. The average molecular weight is 338 g/mol. The molecule has 0 aliphatic carbocycles. The van der Waals surface area contributed by atoms with Crippen LogP contribution in [0.5, 0.6) is 0 Å². The molecular weight excluding hydrogens is 312 g/mol. The highest BCUT2D eigenvalue weighted by Crippen LogP contribution is 2.02. The van der Waals surface area contributed by atoms with E-state index in [1.54, 1.807) is 7.05 Å². The number of carbonyl (C=O) groups is 1. The lowest BCUT2D eigenvalue weighted by Gasteiger charge is -2.12. The fourth-order valence-corrected chi connectivity index (χ4v) is 2.33. The SMILES string of the molecule is CN=C(NCC(=O)NCCc1ccccc1)NCc1ccc(C)cc1. The summed E-state index contributed by atoms with van der Waals surface area (Å²) in [7, 11) is 1.69. The minimum Gasteiger partial charge on any atom is -0.354 e. The molecule has 0 aliphatic heterocycles. The van der Waals surface area contributed by atoms with Gasteiger partial charge in [0.15, 0.2) is 5.96 Å². The van der Waals surface area contributed by atoms with Crippen LogP contribution in [0.3, 0.4) is 0 Å². The van der Waals surface area contributed by atoms with Gasteiger partial charge in [-0.2, -0.15) is 0 Å². The summed E-state index contributed by atoms with van der Waals surface area (Å²) in [6.07, 6.45) is 0.826. The van der Waals surface area contributed by atoms with Gasteiger partial charge in [-0.15, -0.1) is 0 Å². The Hall–Kier alpha value is -2.82. The molecule has 5 heteroatoms. The van der Waals surface area contributed by atoms with Crippen LogP contribution in [0.15, 0.2) is 59.6 Å². The number of nitrogens with zero attached hydrogens (tertiary/aromatic N) is 1. The summed E-state index contributed by atoms with van der Waals surface area (Å²) < 4.78 is 0. The van der Waals surface area contributed by atoms with Gasteiger partial charge in [0.25, 0.3) is 0 Å². The number of nitrogens with one attached hydrogen (secondary N) is 3. The van der Waals surface area contributed by atoms with E-state index >= 15 is 0 Å². The maximum atomic E-state index is 11.9. The van der Waals surface area contributed by atoms with Crippen molar-refractivity contribution in [3.63, 3.8) is 0 Å². The van der Waals surface area contributed by atoms with Crippen LogP contribution in [0, 0.1) is 6.92 Å². The molecule has 5 nitrogen and oxygen atoms in total. The Bertz CT molecular complexity index is 681. The van der Waals surface area contributed by atoms with E-state index in [4.69, 9.17) is 0 Å². The molecule has 0 aromatic heterocycles. The zero-order valence-corrected chi connectivity index (χ0v) is 14.9. The molecule has 0 saturated carbocycles. The van der Waals surface area contributed by atoms with E-state index in [1.165, 1.54) is 16.7 Å². The Labute approximate surface area is 149 Å². The van der Waals surface area contributed by atoms with Gasteiger partial charge in [0.1, 0.15) is 0 Å². The number of hydrogen-bond donors (Lipinski definition) is 3. The Morgan fingerprint density at radius 1 is 0.920 bits per heavy atom. The van der Waals surface area contributed by atoms with Crippen molar-refractivity contribution in [1.29, 1.82) is 0 Å². The van der Waals surface area contributed by atoms with Crippen LogP contribution >= 0.6 is 0 Å². The first-order valence-electron chi connectivity index (χ1n) is 8.48. The normalized spacial score (nSPS) is 11.0. The summed E-state index contributed by atoms with van der Waals surface area (Å²) in [5.74, 6) is 0.563. The van der Waals surface area contributed by atoms with E-state index in [0.717, 1.165) is 6.42 Å². The van der Waals surface area contributed by atoms with Gasteiger partial charge in [-0.05, 0) is 24.5 Å². The quantitative estimate of drug-likeness (QED) is 0.534. The van der Waals surface area contributed by atoms with Crippen LogP contribution < -0.4 is 16.0 Å². The first kappa shape index (κ1) is 18.5. The maximum absolute atomic E-state index is 11.9. The van der Waals surface area contributed by atoms with Gasteiger partial charge in [0.2, 0.25) is 5.91 Å². The maximum Gasteiger partial charge on any atom is 0.239 e. The van der Waals surface area contributed by atoms with Crippen molar-refractivity contribution in [1.82, 2.24) is 16.0 Å². The molecule has 2 rings (SSSR count). The standard InChI is InChI=1S/C20H26N4O/c1-16-8-10-18(11-9-16)14-23-20(21-2)24-15-19(25)22-13-12-17-6-4-3-5-7-17/h3-11H,12-15H2,1-2H3,(H,22,25)(H2,21,23,24). The van der Waals surface area contributed by atoms with Crippen molar-refractivity contribution in [3.8, 4) is 0 Å². The van der Waals surface area contributed by atoms with Crippen LogP contribution in [0.2, 0.25) is 0 Å². The molecule has 2 aromatic carbocycles. The van der Waals surface area contributed by atoms with Crippen molar-refractivity contribution in [2.24, 2.45) is 4.99 Å². The monoisotopic (exact) mass is 338 g/mol. The topological polar surface area (TPSA) is 65.5 Å². The van der Waals surface area contributed by atoms with Gasteiger partial charge in [0.05, 0.1) is 6.54 Å². The summed E-state index contributed by atoms with van der Waals surface area (Å²) >= 11 is 0. The molecule has 1 amide bonds. The number of hydrogen-bond acceptors (Lipinski definition) is 2. The highest BCUT2D eigenvalue weighted by molar-refractivity contribution is 5.86. The number of amides is 1. The molecule has 0 heterocycles. The highest BCUT2D eigenvalue weighted by Gasteiger charge is 2.03. The lowest BCUT2D eigenvalue weighted by atomic mass is 10.1. The number of aliphatic imine (C=N–C) groups is 1. The molecular formula is C20H26N4O. The fourth-order valence-electron chi connectivity index (χ4n) is 2.33. The smallest absolute Gasteiger partial charge is 0.239 e. The van der Waals surface area contributed by atoms with E-state index in [9.17, 15) is 4.79 Å². The summed E-state index contributed by atoms with van der Waals surface area (Å²) in [5, 5.41) is 9.13. The van der Waals surface area contributed by atoms with Gasteiger partial charge in [0, 0.05) is 20.1 Å². The molecule has 0 atom stereocenters. The summed E-state index contributed by atoms with van der Waals surface area (Å²) in [5.41, 5.74) is 3.62. The van der Waals surface area contributed by atoms with Gasteiger partial charge >= 0.3 is 0 Å². The third-order valence-electron chi connectivity index (χ3n) is 3.80. The van der Waals surface area contributed by atoms with Crippen LogP contribution in [0.25, 0.3) is 0 Å². The third-order valence-corrected chi connectivity index (χ3v) is 3.80. The van der Waals surface area contributed by atoms with Crippen molar-refractivity contribution in [2.75, 3.05) is 20.1 Å². The van der Waals surface area contributed by atoms with Crippen LogP contribution in [-0.2, 0) is 17.8 Å². The minimum atomic E-state index is -0.0470. The second-order valence-corrected chi connectivity index (χ2v) is 5.85. The first-order valence-corrected chi connectivity index (χ1v) is 8.48. The van der Waals surface area contributed by atoms with Crippen molar-refractivity contribution in [2.45, 2.75) is 19.9 Å². The molecule has 132 valence electrons. The lowest BCUT2D eigenvalue weighted by Crippen LogP contribution is -2.43. The molecule has 0 fully saturated rings. The van der Waals surface area contributed by atoms with E-state index in [2.05, 4.69) is 64.3 Å². The summed E-state index contributed by atoms with van der Waals surface area (Å²) in [6.45, 7) is 3.55. The lowest BCUT2D eigenvalue weighted by molar-refractivity contribution is -0.119. The molecule has 0 saturated heterocycles. The van der Waals surface area contributed by atoms with Gasteiger partial charge in [-0.1, -0.05) is 60.2 Å². The number of carbonyl (C=O) groups excluding carboxylic acids is 1. The van der Waals surface area contributed by atoms with Gasteiger partial charge < -0.3 is 16.0 Å². The Kier molecular flexibility index (Phi) is 7.50. The second-order valence-electron chi connectivity index (χ2n) is 5.85. The molecule has 0 radical (unpaired) electrons. The molecule has 0 unspecified atom stereocenters. The van der Waals surface area contributed by atoms with E-state index in [-0.39, 0.29) is 12.5 Å². The average Bonchev–Trinajstić information content (AvgIpc) is 2.64. The Balaban J connectivity index is 1.65. The Morgan fingerprint density at radius 2 is 1.64 bits per heavy atom. The van der Waals surface area contributed by atoms with Gasteiger partial charge in [-0.25, -0.2) is 0 Å². The van der Waals surface area contributed by atoms with Crippen LogP contribution in [0.1, 0.15) is 16.7 Å². The van der Waals surface area contributed by atoms with E-state index < -0.39 is 0 Å². The van der Waals surface area contributed by atoms with Crippen molar-refractivity contribution in [3.05, 3.63) is 71.3 Å². The molecule has 0 bridgehead atoms. The van der Waals surface area contributed by atoms with Crippen molar-refractivity contribution < 1.29 is 4.79 Å². The van der Waals surface area contributed by atoms with Gasteiger partial charge in [-0.3, -0.25) is 9.79 Å². The number of guanidine groups is 1. The fraction of sp³-hybridized carbons (Fsp3) is 0.300. The molecule has 25 heavy (non-hydrogen) atoms. The zero-order valence-electron chi connectivity index (χ0n) is 14.9. The van der Waals surface area contributed by atoms with Crippen LogP contribution in [-0.4, -0.2) is 32.0 Å². The zero-order chi connectivity index (χ0) is 17.9. The minimum absolute atomic E-state index is 0.0470. The number of aryl methyl sites for hydroxylation is 1. The highest BCUT2D eigenvalue weighted by atomic mass is 16.1. The molecule has 2 aromatic rings. The molecule has 0 aliphatic rings. The largest absolute Gasteiger partial charge is 0.354 e. The second kappa shape index (κ2) is 10.1. The predicted molar refractivity (Wildman–Crippen MR) is 103 cm³/mol. The Morgan fingerprint density at radius 3 is 2.32 bits per heavy atom. The number of benzene rings is 2. The molecule has 0 spiro atoms. The van der Waals surface area contributed by atoms with Crippen LogP contribution in [0.4, 0.5) is 0 Å². The summed E-state index contributed by atoms with van der Waals surface area (Å²) in [4.78, 5) is 16.0. The number of rotatable bonds is 7. The van der Waals surface area contributed by atoms with Crippen molar-refractivity contribution >= 4 is 11.9 Å². The van der Waals surface area contributed by atoms with E-state index in [1.807, 2.05) is 18.2 Å². The predicted octanol–water partition coefficient (Wildman–Crippen LogP) is 2.02. The summed E-state index contributed by atoms with van der Waals surface area (Å²) in [6, 6.07) is 18.4.